The van der Waals surface area contributed by atoms with Crippen LogP contribution in [-0.2, 0) is 14.3 Å². The average Bonchev–Trinajstić information content (AvgIpc) is 2.12. The molecule has 0 aromatic rings. The minimum atomic E-state index is -0.514. The number of ether oxygens (including phenoxy) is 1. The van der Waals surface area contributed by atoms with Crippen molar-refractivity contribution >= 4 is 11.9 Å². The summed E-state index contributed by atoms with van der Waals surface area (Å²) >= 11 is 0. The summed E-state index contributed by atoms with van der Waals surface area (Å²) in [6, 6.07) is -0.514. The molecule has 0 aromatic heterocycles. The third-order valence-corrected chi connectivity index (χ3v) is 1.73. The van der Waals surface area contributed by atoms with Gasteiger partial charge in [-0.05, 0) is 6.42 Å². The SMILES string of the molecule is CCC(NC(=O)C(C)C)C(=O)OC. The molecular weight excluding hydrogens is 170 g/mol. The van der Waals surface area contributed by atoms with Gasteiger partial charge in [-0.1, -0.05) is 20.8 Å². The molecule has 0 radical (unpaired) electrons. The number of amides is 1. The fourth-order valence-electron chi connectivity index (χ4n) is 0.808. The van der Waals surface area contributed by atoms with Crippen molar-refractivity contribution < 1.29 is 14.3 Å². The average molecular weight is 187 g/mol. The standard InChI is InChI=1S/C9H17NO3/c1-5-7(9(12)13-4)10-8(11)6(2)3/h6-7H,5H2,1-4H3,(H,10,11). The van der Waals surface area contributed by atoms with Crippen LogP contribution in [0.3, 0.4) is 0 Å². The highest BCUT2D eigenvalue weighted by molar-refractivity contribution is 5.85. The van der Waals surface area contributed by atoms with Crippen LogP contribution in [0.5, 0.6) is 0 Å². The number of carbonyl (C=O) groups excluding carboxylic acids is 2. The molecule has 0 aromatic carbocycles. The molecule has 0 heterocycles. The molecule has 0 aliphatic carbocycles. The molecule has 1 atom stereocenters. The van der Waals surface area contributed by atoms with Crippen molar-refractivity contribution in [2.45, 2.75) is 33.2 Å². The van der Waals surface area contributed by atoms with Gasteiger partial charge in [-0.15, -0.1) is 0 Å². The summed E-state index contributed by atoms with van der Waals surface area (Å²) < 4.78 is 4.53. The van der Waals surface area contributed by atoms with Crippen molar-refractivity contribution in [1.82, 2.24) is 5.32 Å². The molecule has 1 N–H and O–H groups in total. The summed E-state index contributed by atoms with van der Waals surface area (Å²) in [5.74, 6) is -0.632. The van der Waals surface area contributed by atoms with E-state index in [-0.39, 0.29) is 11.8 Å². The van der Waals surface area contributed by atoms with Crippen molar-refractivity contribution in [3.05, 3.63) is 0 Å². The fourth-order valence-corrected chi connectivity index (χ4v) is 0.808. The monoisotopic (exact) mass is 187 g/mol. The zero-order chi connectivity index (χ0) is 10.4. The van der Waals surface area contributed by atoms with Crippen molar-refractivity contribution in [2.75, 3.05) is 7.11 Å². The highest BCUT2D eigenvalue weighted by atomic mass is 16.5. The van der Waals surface area contributed by atoms with E-state index in [0.717, 1.165) is 0 Å². The van der Waals surface area contributed by atoms with Gasteiger partial charge in [-0.3, -0.25) is 4.79 Å². The van der Waals surface area contributed by atoms with Crippen LogP contribution < -0.4 is 5.32 Å². The molecule has 0 saturated carbocycles. The number of methoxy groups -OCH3 is 1. The van der Waals surface area contributed by atoms with Gasteiger partial charge < -0.3 is 10.1 Å². The van der Waals surface area contributed by atoms with Crippen LogP contribution in [-0.4, -0.2) is 25.0 Å². The Morgan fingerprint density at radius 2 is 1.92 bits per heavy atom. The van der Waals surface area contributed by atoms with Crippen molar-refractivity contribution in [3.63, 3.8) is 0 Å². The highest BCUT2D eigenvalue weighted by Gasteiger charge is 2.20. The Labute approximate surface area is 78.6 Å². The Balaban J connectivity index is 4.13. The predicted molar refractivity (Wildman–Crippen MR) is 49.1 cm³/mol. The normalized spacial score (nSPS) is 12.4. The number of rotatable bonds is 4. The molecule has 1 amide bonds. The molecule has 0 saturated heterocycles. The van der Waals surface area contributed by atoms with Gasteiger partial charge in [-0.2, -0.15) is 0 Å². The largest absolute Gasteiger partial charge is 0.467 e. The summed E-state index contributed by atoms with van der Waals surface area (Å²) in [6.45, 7) is 5.38. The molecule has 0 rings (SSSR count). The quantitative estimate of drug-likeness (QED) is 0.659. The Hall–Kier alpha value is -1.06. The minimum absolute atomic E-state index is 0.112. The molecule has 4 nitrogen and oxygen atoms in total. The van der Waals surface area contributed by atoms with E-state index in [4.69, 9.17) is 0 Å². The van der Waals surface area contributed by atoms with E-state index in [1.807, 2.05) is 6.92 Å². The van der Waals surface area contributed by atoms with Gasteiger partial charge in [-0.25, -0.2) is 4.79 Å². The second kappa shape index (κ2) is 5.56. The molecule has 0 aliphatic heterocycles. The number of nitrogens with one attached hydrogen (secondary N) is 1. The van der Waals surface area contributed by atoms with Crippen LogP contribution in [0.4, 0.5) is 0 Å². The minimum Gasteiger partial charge on any atom is -0.467 e. The molecule has 0 fully saturated rings. The van der Waals surface area contributed by atoms with E-state index in [1.165, 1.54) is 7.11 Å². The van der Waals surface area contributed by atoms with Crippen LogP contribution in [0.15, 0.2) is 0 Å². The summed E-state index contributed by atoms with van der Waals surface area (Å²) in [5, 5.41) is 2.60. The zero-order valence-corrected chi connectivity index (χ0v) is 8.59. The lowest BCUT2D eigenvalue weighted by atomic mass is 10.1. The molecule has 13 heavy (non-hydrogen) atoms. The van der Waals surface area contributed by atoms with Gasteiger partial charge in [0.2, 0.25) is 5.91 Å². The molecule has 0 aliphatic rings. The molecule has 4 heteroatoms. The van der Waals surface area contributed by atoms with Gasteiger partial charge in [0.15, 0.2) is 0 Å². The lowest BCUT2D eigenvalue weighted by molar-refractivity contribution is -0.145. The summed E-state index contributed by atoms with van der Waals surface area (Å²) in [7, 11) is 1.31. The fraction of sp³-hybridized carbons (Fsp3) is 0.778. The summed E-state index contributed by atoms with van der Waals surface area (Å²) in [6.07, 6.45) is 0.547. The van der Waals surface area contributed by atoms with E-state index >= 15 is 0 Å². The third kappa shape index (κ3) is 3.92. The van der Waals surface area contributed by atoms with Gasteiger partial charge >= 0.3 is 5.97 Å². The summed E-state index contributed by atoms with van der Waals surface area (Å²) in [5.41, 5.74) is 0. The van der Waals surface area contributed by atoms with Crippen molar-refractivity contribution in [3.8, 4) is 0 Å². The summed E-state index contributed by atoms with van der Waals surface area (Å²) in [4.78, 5) is 22.3. The predicted octanol–water partition coefficient (Wildman–Crippen LogP) is 0.710. The maximum absolute atomic E-state index is 11.2. The molecular formula is C9H17NO3. The van der Waals surface area contributed by atoms with Gasteiger partial charge in [0.05, 0.1) is 7.11 Å². The van der Waals surface area contributed by atoms with Crippen LogP contribution in [0.2, 0.25) is 0 Å². The van der Waals surface area contributed by atoms with Gasteiger partial charge in [0.25, 0.3) is 0 Å². The number of esters is 1. The second-order valence-corrected chi connectivity index (χ2v) is 3.15. The first-order chi connectivity index (χ1) is 6.02. The number of carbonyl (C=O) groups is 2. The first-order valence-electron chi connectivity index (χ1n) is 4.41. The molecule has 0 bridgehead atoms. The van der Waals surface area contributed by atoms with E-state index in [2.05, 4.69) is 10.1 Å². The topological polar surface area (TPSA) is 55.4 Å². The lowest BCUT2D eigenvalue weighted by Crippen LogP contribution is -2.42. The van der Waals surface area contributed by atoms with Crippen LogP contribution in [0, 0.1) is 5.92 Å². The van der Waals surface area contributed by atoms with Gasteiger partial charge in [0, 0.05) is 5.92 Å². The number of hydrogen-bond donors (Lipinski definition) is 1. The van der Waals surface area contributed by atoms with Crippen LogP contribution in [0.25, 0.3) is 0 Å². The third-order valence-electron chi connectivity index (χ3n) is 1.73. The Morgan fingerprint density at radius 3 is 2.23 bits per heavy atom. The van der Waals surface area contributed by atoms with E-state index in [0.29, 0.717) is 6.42 Å². The van der Waals surface area contributed by atoms with Crippen LogP contribution >= 0.6 is 0 Å². The molecule has 0 spiro atoms. The molecule has 76 valence electrons. The maximum atomic E-state index is 11.2. The molecule has 1 unspecified atom stereocenters. The van der Waals surface area contributed by atoms with E-state index in [1.54, 1.807) is 13.8 Å². The Bertz CT molecular complexity index is 189. The first kappa shape index (κ1) is 11.9. The van der Waals surface area contributed by atoms with Gasteiger partial charge in [0.1, 0.15) is 6.04 Å². The van der Waals surface area contributed by atoms with E-state index < -0.39 is 12.0 Å². The van der Waals surface area contributed by atoms with Crippen LogP contribution in [0.1, 0.15) is 27.2 Å². The maximum Gasteiger partial charge on any atom is 0.328 e. The highest BCUT2D eigenvalue weighted by Crippen LogP contribution is 1.98. The van der Waals surface area contributed by atoms with E-state index in [9.17, 15) is 9.59 Å². The second-order valence-electron chi connectivity index (χ2n) is 3.15. The Morgan fingerprint density at radius 1 is 1.38 bits per heavy atom. The lowest BCUT2D eigenvalue weighted by Gasteiger charge is -2.15. The van der Waals surface area contributed by atoms with Crippen molar-refractivity contribution in [2.24, 2.45) is 5.92 Å². The smallest absolute Gasteiger partial charge is 0.328 e. The van der Waals surface area contributed by atoms with Crippen molar-refractivity contribution in [1.29, 1.82) is 0 Å². The Kier molecular flexibility index (Phi) is 5.11. The number of hydrogen-bond acceptors (Lipinski definition) is 3. The first-order valence-corrected chi connectivity index (χ1v) is 4.41. The zero-order valence-electron chi connectivity index (χ0n) is 8.59.